The predicted molar refractivity (Wildman–Crippen MR) is 55.6 cm³/mol. The third-order valence-corrected chi connectivity index (χ3v) is 2.04. The lowest BCUT2D eigenvalue weighted by Gasteiger charge is -2.21. The Morgan fingerprint density at radius 3 is 1.92 bits per heavy atom. The summed E-state index contributed by atoms with van der Waals surface area (Å²) in [4.78, 5) is 4.29. The Hall–Kier alpha value is -0.450. The van der Waals surface area contributed by atoms with Crippen molar-refractivity contribution in [2.24, 2.45) is 22.4 Å². The Balaban J connectivity index is 4.50. The maximum Gasteiger partial charge on any atom is 0.125 e. The molecule has 0 aliphatic rings. The van der Waals surface area contributed by atoms with Gasteiger partial charge in [0.1, 0.15) is 6.23 Å². The Kier molecular flexibility index (Phi) is 5.13. The van der Waals surface area contributed by atoms with Gasteiger partial charge in [0.05, 0.1) is 6.04 Å². The fourth-order valence-electron chi connectivity index (χ4n) is 0.972. The van der Waals surface area contributed by atoms with Gasteiger partial charge in [0.2, 0.25) is 0 Å². The fraction of sp³-hybridized carbons (Fsp3) is 0.889. The smallest absolute Gasteiger partial charge is 0.125 e. The normalized spacial score (nSPS) is 20.2. The van der Waals surface area contributed by atoms with E-state index >= 15 is 0 Å². The van der Waals surface area contributed by atoms with Crippen LogP contribution in [-0.4, -0.2) is 29.1 Å². The Morgan fingerprint density at radius 2 is 1.69 bits per heavy atom. The summed E-state index contributed by atoms with van der Waals surface area (Å²) >= 11 is 0. The number of hydrogen-bond donors (Lipinski definition) is 3. The maximum atomic E-state index is 9.24. The number of rotatable bonds is 4. The number of hydrogen-bond acceptors (Lipinski definition) is 4. The molecule has 78 valence electrons. The number of nitrogens with two attached hydrogens (primary N) is 2. The minimum absolute atomic E-state index is 0.0833. The SMILES string of the molecule is CC(=NC(C(C)C)C(N)O)C(C)N. The first-order chi connectivity index (χ1) is 5.86. The van der Waals surface area contributed by atoms with Crippen molar-refractivity contribution < 1.29 is 5.11 Å². The molecule has 0 saturated heterocycles. The Bertz CT molecular complexity index is 168. The van der Waals surface area contributed by atoms with Crippen molar-refractivity contribution in [3.8, 4) is 0 Å². The average molecular weight is 187 g/mol. The molecule has 0 saturated carbocycles. The third kappa shape index (κ3) is 4.36. The number of aliphatic hydroxyl groups is 1. The minimum atomic E-state index is -0.909. The van der Waals surface area contributed by atoms with Crippen LogP contribution >= 0.6 is 0 Å². The molecule has 4 heteroatoms. The summed E-state index contributed by atoms with van der Waals surface area (Å²) < 4.78 is 0. The van der Waals surface area contributed by atoms with E-state index in [4.69, 9.17) is 11.5 Å². The van der Waals surface area contributed by atoms with Gasteiger partial charge in [0.25, 0.3) is 0 Å². The molecule has 0 aliphatic heterocycles. The van der Waals surface area contributed by atoms with Crippen LogP contribution in [-0.2, 0) is 0 Å². The lowest BCUT2D eigenvalue weighted by atomic mass is 10.0. The zero-order valence-electron chi connectivity index (χ0n) is 8.86. The monoisotopic (exact) mass is 187 g/mol. The first kappa shape index (κ1) is 12.6. The molecule has 4 nitrogen and oxygen atoms in total. The summed E-state index contributed by atoms with van der Waals surface area (Å²) in [6.07, 6.45) is -0.909. The quantitative estimate of drug-likeness (QED) is 0.431. The first-order valence-electron chi connectivity index (χ1n) is 4.59. The molecule has 3 unspecified atom stereocenters. The van der Waals surface area contributed by atoms with Crippen molar-refractivity contribution in [3.63, 3.8) is 0 Å². The van der Waals surface area contributed by atoms with Crippen LogP contribution < -0.4 is 11.5 Å². The van der Waals surface area contributed by atoms with Gasteiger partial charge >= 0.3 is 0 Å². The zero-order valence-corrected chi connectivity index (χ0v) is 8.86. The van der Waals surface area contributed by atoms with Crippen LogP contribution in [0.3, 0.4) is 0 Å². The summed E-state index contributed by atoms with van der Waals surface area (Å²) in [5, 5.41) is 9.24. The van der Waals surface area contributed by atoms with Gasteiger partial charge in [-0.05, 0) is 19.8 Å². The van der Waals surface area contributed by atoms with Gasteiger partial charge in [-0.25, -0.2) is 0 Å². The predicted octanol–water partition coefficient (Wildman–Crippen LogP) is 0.0962. The zero-order chi connectivity index (χ0) is 10.6. The molecule has 0 fully saturated rings. The Morgan fingerprint density at radius 1 is 1.23 bits per heavy atom. The van der Waals surface area contributed by atoms with Crippen LogP contribution in [0, 0.1) is 5.92 Å². The lowest BCUT2D eigenvalue weighted by molar-refractivity contribution is 0.132. The summed E-state index contributed by atoms with van der Waals surface area (Å²) in [6, 6.07) is -0.342. The van der Waals surface area contributed by atoms with Crippen molar-refractivity contribution in [1.29, 1.82) is 0 Å². The molecule has 0 radical (unpaired) electrons. The number of nitrogens with zero attached hydrogens (tertiary/aromatic N) is 1. The second kappa shape index (κ2) is 5.32. The summed E-state index contributed by atoms with van der Waals surface area (Å²) in [6.45, 7) is 7.65. The van der Waals surface area contributed by atoms with E-state index in [1.165, 1.54) is 0 Å². The van der Waals surface area contributed by atoms with E-state index in [-0.39, 0.29) is 18.0 Å². The van der Waals surface area contributed by atoms with E-state index in [0.29, 0.717) is 0 Å². The molecule has 0 aromatic heterocycles. The standard InChI is InChI=1S/C9H21N3O/c1-5(2)8(9(11)13)12-7(4)6(3)10/h5-6,8-9,13H,10-11H2,1-4H3. The minimum Gasteiger partial charge on any atom is -0.377 e. The molecular weight excluding hydrogens is 166 g/mol. The van der Waals surface area contributed by atoms with E-state index in [2.05, 4.69) is 4.99 Å². The molecule has 0 spiro atoms. The highest BCUT2D eigenvalue weighted by Gasteiger charge is 2.18. The van der Waals surface area contributed by atoms with E-state index < -0.39 is 6.23 Å². The van der Waals surface area contributed by atoms with Gasteiger partial charge in [0.15, 0.2) is 0 Å². The molecule has 0 aromatic carbocycles. The van der Waals surface area contributed by atoms with Crippen molar-refractivity contribution in [1.82, 2.24) is 0 Å². The van der Waals surface area contributed by atoms with Crippen molar-refractivity contribution >= 4 is 5.71 Å². The van der Waals surface area contributed by atoms with Crippen LogP contribution in [0.2, 0.25) is 0 Å². The van der Waals surface area contributed by atoms with E-state index in [0.717, 1.165) is 5.71 Å². The number of aliphatic imine (C=N–C) groups is 1. The van der Waals surface area contributed by atoms with E-state index in [9.17, 15) is 5.11 Å². The van der Waals surface area contributed by atoms with Gasteiger partial charge in [0, 0.05) is 11.8 Å². The van der Waals surface area contributed by atoms with Gasteiger partial charge in [-0.2, -0.15) is 0 Å². The van der Waals surface area contributed by atoms with Crippen molar-refractivity contribution in [2.45, 2.75) is 46.0 Å². The molecule has 3 atom stereocenters. The van der Waals surface area contributed by atoms with Gasteiger partial charge in [-0.3, -0.25) is 4.99 Å². The summed E-state index contributed by atoms with van der Waals surface area (Å²) in [7, 11) is 0. The Labute approximate surface area is 80.0 Å². The maximum absolute atomic E-state index is 9.24. The van der Waals surface area contributed by atoms with Crippen LogP contribution in [0.15, 0.2) is 4.99 Å². The van der Waals surface area contributed by atoms with E-state index in [1.54, 1.807) is 0 Å². The first-order valence-corrected chi connectivity index (χ1v) is 4.59. The lowest BCUT2D eigenvalue weighted by Crippen LogP contribution is -2.38. The molecule has 5 N–H and O–H groups in total. The van der Waals surface area contributed by atoms with E-state index in [1.807, 2.05) is 27.7 Å². The molecule has 0 rings (SSSR count). The summed E-state index contributed by atoms with van der Waals surface area (Å²) in [5.74, 6) is 0.216. The van der Waals surface area contributed by atoms with Crippen molar-refractivity contribution in [3.05, 3.63) is 0 Å². The highest BCUT2D eigenvalue weighted by molar-refractivity contribution is 5.86. The van der Waals surface area contributed by atoms with Gasteiger partial charge < -0.3 is 16.6 Å². The van der Waals surface area contributed by atoms with Crippen LogP contribution in [0.1, 0.15) is 27.7 Å². The molecular formula is C9H21N3O. The highest BCUT2D eigenvalue weighted by atomic mass is 16.3. The molecule has 0 aliphatic carbocycles. The molecule has 0 aromatic rings. The molecule has 0 heterocycles. The molecule has 0 amide bonds. The molecule has 13 heavy (non-hydrogen) atoms. The highest BCUT2D eigenvalue weighted by Crippen LogP contribution is 2.09. The third-order valence-electron chi connectivity index (χ3n) is 2.04. The number of aliphatic hydroxyl groups excluding tert-OH is 1. The van der Waals surface area contributed by atoms with Crippen LogP contribution in [0.25, 0.3) is 0 Å². The topological polar surface area (TPSA) is 84.6 Å². The van der Waals surface area contributed by atoms with Crippen molar-refractivity contribution in [2.75, 3.05) is 0 Å². The fourth-order valence-corrected chi connectivity index (χ4v) is 0.972. The van der Waals surface area contributed by atoms with Gasteiger partial charge in [-0.1, -0.05) is 13.8 Å². The van der Waals surface area contributed by atoms with Crippen LogP contribution in [0.5, 0.6) is 0 Å². The van der Waals surface area contributed by atoms with Gasteiger partial charge in [-0.15, -0.1) is 0 Å². The second-order valence-electron chi connectivity index (χ2n) is 3.78. The summed E-state index contributed by atoms with van der Waals surface area (Å²) in [5.41, 5.74) is 11.8. The largest absolute Gasteiger partial charge is 0.377 e. The average Bonchev–Trinajstić information content (AvgIpc) is 1.97. The molecule has 0 bridgehead atoms. The van der Waals surface area contributed by atoms with Crippen LogP contribution in [0.4, 0.5) is 0 Å². The second-order valence-corrected chi connectivity index (χ2v) is 3.78.